The Morgan fingerprint density at radius 2 is 2.00 bits per heavy atom. The number of amides is 1. The van der Waals surface area contributed by atoms with Gasteiger partial charge in [0.1, 0.15) is 11.8 Å². The molecule has 1 aromatic heterocycles. The Labute approximate surface area is 115 Å². The third kappa shape index (κ3) is 2.25. The number of hydrogen-bond donors (Lipinski definition) is 1. The number of β-lactam (4-membered cyclic amide) rings is 1. The van der Waals surface area contributed by atoms with Gasteiger partial charge in [0.2, 0.25) is 0 Å². The number of hydrogen-bond acceptors (Lipinski definition) is 3. The number of nitrogens with one attached hydrogen (secondary N) is 1. The number of carbonyl (C=O) groups excluding carboxylic acids is 1. The van der Waals surface area contributed by atoms with Crippen LogP contribution in [0.15, 0.2) is 22.8 Å². The molecule has 1 aliphatic rings. The van der Waals surface area contributed by atoms with Crippen LogP contribution in [0.1, 0.15) is 39.5 Å². The third-order valence-corrected chi connectivity index (χ3v) is 9.19. The Morgan fingerprint density at radius 1 is 1.37 bits per heavy atom. The molecule has 19 heavy (non-hydrogen) atoms. The summed E-state index contributed by atoms with van der Waals surface area (Å²) in [5.74, 6) is 0.745. The van der Waals surface area contributed by atoms with Crippen LogP contribution in [0.2, 0.25) is 18.1 Å². The van der Waals surface area contributed by atoms with Gasteiger partial charge in [0, 0.05) is 0 Å². The fourth-order valence-electron chi connectivity index (χ4n) is 2.79. The van der Waals surface area contributed by atoms with Crippen molar-refractivity contribution < 1.29 is 13.6 Å². The first kappa shape index (κ1) is 14.3. The Balaban J connectivity index is 2.23. The molecule has 0 spiro atoms. The fourth-order valence-corrected chi connectivity index (χ4v) is 5.83. The predicted molar refractivity (Wildman–Crippen MR) is 76.3 cm³/mol. The fraction of sp³-hybridized carbons (Fsp3) is 0.643. The Bertz CT molecular complexity index is 433. The van der Waals surface area contributed by atoms with E-state index in [-0.39, 0.29) is 11.9 Å². The van der Waals surface area contributed by atoms with Crippen LogP contribution < -0.4 is 5.32 Å². The maximum absolute atomic E-state index is 12.0. The molecule has 1 N–H and O–H groups in total. The topological polar surface area (TPSA) is 51.5 Å². The molecule has 2 atom stereocenters. The molecule has 0 unspecified atom stereocenters. The van der Waals surface area contributed by atoms with E-state index in [9.17, 15) is 4.79 Å². The van der Waals surface area contributed by atoms with E-state index in [1.54, 1.807) is 6.26 Å². The first-order valence-corrected chi connectivity index (χ1v) is 9.59. The summed E-state index contributed by atoms with van der Waals surface area (Å²) in [4.78, 5) is 12.0. The van der Waals surface area contributed by atoms with Gasteiger partial charge in [0.05, 0.1) is 6.26 Å². The Kier molecular flexibility index (Phi) is 3.87. The molecule has 0 radical (unpaired) electrons. The van der Waals surface area contributed by atoms with Crippen LogP contribution in [-0.4, -0.2) is 19.8 Å². The Hall–Kier alpha value is -1.07. The van der Waals surface area contributed by atoms with Crippen molar-refractivity contribution in [3.8, 4) is 0 Å². The van der Waals surface area contributed by atoms with Gasteiger partial charge in [-0.05, 0) is 37.2 Å². The standard InChI is InChI=1S/C14H23NO3Si/c1-5-19(6-2,7-3)18-14(4)12(15-13(14)16)11-9-8-10-17-11/h8-10,12H,5-7H2,1-4H3,(H,15,16)/t12-,14-/m1/s1. The summed E-state index contributed by atoms with van der Waals surface area (Å²) in [6.07, 6.45) is 1.63. The van der Waals surface area contributed by atoms with Gasteiger partial charge in [-0.25, -0.2) is 0 Å². The van der Waals surface area contributed by atoms with Gasteiger partial charge in [-0.2, -0.15) is 0 Å². The third-order valence-electron chi connectivity index (χ3n) is 4.47. The van der Waals surface area contributed by atoms with E-state index in [1.165, 1.54) is 0 Å². The van der Waals surface area contributed by atoms with E-state index in [1.807, 2.05) is 19.1 Å². The zero-order valence-corrected chi connectivity index (χ0v) is 13.2. The second kappa shape index (κ2) is 5.13. The first-order valence-electron chi connectivity index (χ1n) is 7.06. The summed E-state index contributed by atoms with van der Waals surface area (Å²) in [7, 11) is -1.82. The SMILES string of the molecule is CC[Si](CC)(CC)O[C@@]1(C)C(=O)N[C@@H]1c1ccco1. The molecular weight excluding hydrogens is 258 g/mol. The minimum Gasteiger partial charge on any atom is -0.467 e. The quantitative estimate of drug-likeness (QED) is 0.643. The molecule has 0 saturated carbocycles. The molecule has 1 aliphatic heterocycles. The molecule has 5 heteroatoms. The highest BCUT2D eigenvalue weighted by molar-refractivity contribution is 6.73. The molecule has 1 amide bonds. The minimum atomic E-state index is -1.82. The van der Waals surface area contributed by atoms with E-state index in [4.69, 9.17) is 8.84 Å². The maximum atomic E-state index is 12.0. The summed E-state index contributed by atoms with van der Waals surface area (Å²) >= 11 is 0. The molecule has 0 aromatic carbocycles. The van der Waals surface area contributed by atoms with Gasteiger partial charge >= 0.3 is 0 Å². The van der Waals surface area contributed by atoms with Gasteiger partial charge in [-0.15, -0.1) is 0 Å². The van der Waals surface area contributed by atoms with E-state index in [2.05, 4.69) is 26.1 Å². The van der Waals surface area contributed by atoms with Crippen LogP contribution >= 0.6 is 0 Å². The highest BCUT2D eigenvalue weighted by atomic mass is 28.4. The molecule has 4 nitrogen and oxygen atoms in total. The summed E-state index contributed by atoms with van der Waals surface area (Å²) in [6.45, 7) is 8.39. The van der Waals surface area contributed by atoms with Gasteiger partial charge in [-0.3, -0.25) is 4.79 Å². The molecule has 2 heterocycles. The lowest BCUT2D eigenvalue weighted by molar-refractivity contribution is -0.156. The summed E-state index contributed by atoms with van der Waals surface area (Å²) in [5, 5.41) is 2.90. The lowest BCUT2D eigenvalue weighted by Crippen LogP contribution is -2.69. The zero-order chi connectivity index (χ0) is 14.1. The van der Waals surface area contributed by atoms with E-state index in [0.717, 1.165) is 23.9 Å². The second-order valence-corrected chi connectivity index (χ2v) is 10.1. The molecule has 2 rings (SSSR count). The number of carbonyl (C=O) groups is 1. The zero-order valence-electron chi connectivity index (χ0n) is 12.2. The lowest BCUT2D eigenvalue weighted by Gasteiger charge is -2.49. The predicted octanol–water partition coefficient (Wildman–Crippen LogP) is 3.23. The van der Waals surface area contributed by atoms with Crippen LogP contribution in [0.25, 0.3) is 0 Å². The van der Waals surface area contributed by atoms with Gasteiger partial charge < -0.3 is 14.2 Å². The molecule has 1 fully saturated rings. The second-order valence-electron chi connectivity index (χ2n) is 5.37. The smallest absolute Gasteiger partial charge is 0.254 e. The van der Waals surface area contributed by atoms with Crippen molar-refractivity contribution in [3.63, 3.8) is 0 Å². The normalized spacial score (nSPS) is 26.9. The van der Waals surface area contributed by atoms with Crippen molar-refractivity contribution in [2.75, 3.05) is 0 Å². The summed E-state index contributed by atoms with van der Waals surface area (Å²) in [5.41, 5.74) is -0.772. The largest absolute Gasteiger partial charge is 0.467 e. The van der Waals surface area contributed by atoms with Crippen LogP contribution in [0.3, 0.4) is 0 Å². The lowest BCUT2D eigenvalue weighted by atomic mass is 9.85. The minimum absolute atomic E-state index is 0.0267. The van der Waals surface area contributed by atoms with Gasteiger partial charge in [-0.1, -0.05) is 20.8 Å². The van der Waals surface area contributed by atoms with E-state index in [0.29, 0.717) is 0 Å². The van der Waals surface area contributed by atoms with Crippen molar-refractivity contribution in [3.05, 3.63) is 24.2 Å². The van der Waals surface area contributed by atoms with Crippen molar-refractivity contribution >= 4 is 14.2 Å². The average Bonchev–Trinajstić information content (AvgIpc) is 2.95. The van der Waals surface area contributed by atoms with Crippen LogP contribution in [0.5, 0.6) is 0 Å². The molecule has 1 aromatic rings. The molecule has 1 saturated heterocycles. The van der Waals surface area contributed by atoms with Crippen LogP contribution in [-0.2, 0) is 9.22 Å². The van der Waals surface area contributed by atoms with Crippen molar-refractivity contribution in [1.82, 2.24) is 5.32 Å². The number of rotatable bonds is 6. The highest BCUT2D eigenvalue weighted by Crippen LogP contribution is 2.41. The average molecular weight is 281 g/mol. The van der Waals surface area contributed by atoms with Crippen LogP contribution in [0.4, 0.5) is 0 Å². The molecule has 106 valence electrons. The van der Waals surface area contributed by atoms with Crippen LogP contribution in [0, 0.1) is 0 Å². The number of furan rings is 1. The van der Waals surface area contributed by atoms with Crippen molar-refractivity contribution in [2.24, 2.45) is 0 Å². The summed E-state index contributed by atoms with van der Waals surface area (Å²) in [6, 6.07) is 6.67. The monoisotopic (exact) mass is 281 g/mol. The van der Waals surface area contributed by atoms with Gasteiger partial charge in [0.25, 0.3) is 5.91 Å². The molecule has 0 bridgehead atoms. The van der Waals surface area contributed by atoms with Crippen molar-refractivity contribution in [1.29, 1.82) is 0 Å². The maximum Gasteiger partial charge on any atom is 0.254 e. The summed E-state index contributed by atoms with van der Waals surface area (Å²) < 4.78 is 11.8. The Morgan fingerprint density at radius 3 is 2.42 bits per heavy atom. The molecule has 0 aliphatic carbocycles. The highest BCUT2D eigenvalue weighted by Gasteiger charge is 2.57. The van der Waals surface area contributed by atoms with E-state index >= 15 is 0 Å². The van der Waals surface area contributed by atoms with Crippen molar-refractivity contribution in [2.45, 2.75) is 57.5 Å². The van der Waals surface area contributed by atoms with E-state index < -0.39 is 13.9 Å². The van der Waals surface area contributed by atoms with Gasteiger partial charge in [0.15, 0.2) is 13.9 Å². The molecular formula is C14H23NO3Si. The first-order chi connectivity index (χ1) is 9.01.